The average Bonchev–Trinajstić information content (AvgIpc) is 2.59. The number of hydrogen-bond acceptors (Lipinski definition) is 2. The Balaban J connectivity index is 1.95. The Morgan fingerprint density at radius 3 is 2.36 bits per heavy atom. The number of anilines is 1. The standard InChI is InChI=1S/C20H23ClN2O2/c1-14-16(21)10-7-11-17(14)23-19(25)20(2,3)18(24)22-13-12-15-8-5-4-6-9-15/h4-11H,12-13H2,1-3H3,(H,22,24)(H,23,25). The van der Waals surface area contributed by atoms with Crippen molar-refractivity contribution in [2.45, 2.75) is 27.2 Å². The first-order valence-corrected chi connectivity index (χ1v) is 8.59. The van der Waals surface area contributed by atoms with Crippen molar-refractivity contribution in [1.29, 1.82) is 0 Å². The van der Waals surface area contributed by atoms with Crippen molar-refractivity contribution < 1.29 is 9.59 Å². The van der Waals surface area contributed by atoms with Crippen molar-refractivity contribution >= 4 is 29.1 Å². The minimum Gasteiger partial charge on any atom is -0.355 e. The molecule has 0 bridgehead atoms. The second-order valence-corrected chi connectivity index (χ2v) is 6.89. The van der Waals surface area contributed by atoms with Crippen LogP contribution in [0, 0.1) is 12.3 Å². The smallest absolute Gasteiger partial charge is 0.239 e. The lowest BCUT2D eigenvalue weighted by atomic mass is 9.90. The maximum absolute atomic E-state index is 12.6. The van der Waals surface area contributed by atoms with Crippen molar-refractivity contribution in [3.05, 3.63) is 64.7 Å². The van der Waals surface area contributed by atoms with Gasteiger partial charge in [-0.25, -0.2) is 0 Å². The summed E-state index contributed by atoms with van der Waals surface area (Å²) in [5, 5.41) is 6.21. The third-order valence-electron chi connectivity index (χ3n) is 4.19. The zero-order valence-corrected chi connectivity index (χ0v) is 15.5. The van der Waals surface area contributed by atoms with E-state index in [1.807, 2.05) is 37.3 Å². The SMILES string of the molecule is Cc1c(Cl)cccc1NC(=O)C(C)(C)C(=O)NCCc1ccccc1. The Bertz CT molecular complexity index is 758. The molecule has 0 aliphatic heterocycles. The van der Waals surface area contributed by atoms with E-state index >= 15 is 0 Å². The normalized spacial score (nSPS) is 11.0. The van der Waals surface area contributed by atoms with Crippen LogP contribution >= 0.6 is 11.6 Å². The van der Waals surface area contributed by atoms with E-state index in [1.54, 1.807) is 32.0 Å². The van der Waals surface area contributed by atoms with Crippen LogP contribution in [0.1, 0.15) is 25.0 Å². The predicted molar refractivity (Wildman–Crippen MR) is 102 cm³/mol. The highest BCUT2D eigenvalue weighted by Crippen LogP contribution is 2.25. The summed E-state index contributed by atoms with van der Waals surface area (Å²) in [6.45, 7) is 5.53. The van der Waals surface area contributed by atoms with Crippen LogP contribution in [0.2, 0.25) is 5.02 Å². The summed E-state index contributed by atoms with van der Waals surface area (Å²) in [5.74, 6) is -0.671. The van der Waals surface area contributed by atoms with Gasteiger partial charge in [0.1, 0.15) is 5.41 Å². The quantitative estimate of drug-likeness (QED) is 0.767. The molecule has 0 radical (unpaired) electrons. The lowest BCUT2D eigenvalue weighted by molar-refractivity contribution is -0.138. The molecule has 2 aromatic carbocycles. The van der Waals surface area contributed by atoms with Gasteiger partial charge in [0.05, 0.1) is 0 Å². The van der Waals surface area contributed by atoms with Crippen molar-refractivity contribution in [3.8, 4) is 0 Å². The summed E-state index contributed by atoms with van der Waals surface area (Å²) < 4.78 is 0. The van der Waals surface area contributed by atoms with Gasteiger partial charge in [0, 0.05) is 17.3 Å². The molecule has 0 aromatic heterocycles. The van der Waals surface area contributed by atoms with Crippen LogP contribution in [-0.2, 0) is 16.0 Å². The topological polar surface area (TPSA) is 58.2 Å². The number of benzene rings is 2. The molecule has 2 amide bonds. The number of amides is 2. The van der Waals surface area contributed by atoms with Crippen molar-refractivity contribution in [1.82, 2.24) is 5.32 Å². The van der Waals surface area contributed by atoms with Gasteiger partial charge in [0.15, 0.2) is 0 Å². The number of halogens is 1. The third kappa shape index (κ3) is 4.83. The predicted octanol–water partition coefficient (Wildman–Crippen LogP) is 3.97. The minimum absolute atomic E-state index is 0.305. The first kappa shape index (κ1) is 19.0. The largest absolute Gasteiger partial charge is 0.355 e. The summed E-state index contributed by atoms with van der Waals surface area (Å²) in [5.41, 5.74) is 1.34. The summed E-state index contributed by atoms with van der Waals surface area (Å²) in [6.07, 6.45) is 0.720. The summed E-state index contributed by atoms with van der Waals surface area (Å²) in [6, 6.07) is 15.2. The lowest BCUT2D eigenvalue weighted by Gasteiger charge is -2.23. The van der Waals surface area contributed by atoms with Crippen LogP contribution in [0.3, 0.4) is 0 Å². The zero-order valence-electron chi connectivity index (χ0n) is 14.7. The minimum atomic E-state index is -1.19. The molecule has 0 atom stereocenters. The Kier molecular flexibility index (Phi) is 6.21. The fraction of sp³-hybridized carbons (Fsp3) is 0.300. The van der Waals surface area contributed by atoms with Crippen molar-refractivity contribution in [2.75, 3.05) is 11.9 Å². The lowest BCUT2D eigenvalue weighted by Crippen LogP contribution is -2.45. The number of nitrogens with one attached hydrogen (secondary N) is 2. The molecule has 0 heterocycles. The highest BCUT2D eigenvalue weighted by atomic mass is 35.5. The zero-order chi connectivity index (χ0) is 18.4. The second-order valence-electron chi connectivity index (χ2n) is 6.48. The van der Waals surface area contributed by atoms with Gasteiger partial charge in [-0.2, -0.15) is 0 Å². The van der Waals surface area contributed by atoms with Crippen LogP contribution in [0.4, 0.5) is 5.69 Å². The number of hydrogen-bond donors (Lipinski definition) is 2. The fourth-order valence-electron chi connectivity index (χ4n) is 2.31. The molecule has 0 aliphatic rings. The molecule has 0 fully saturated rings. The average molecular weight is 359 g/mol. The number of carbonyl (C=O) groups is 2. The molecular formula is C20H23ClN2O2. The van der Waals surface area contributed by atoms with E-state index in [0.717, 1.165) is 17.5 Å². The van der Waals surface area contributed by atoms with Crippen molar-refractivity contribution in [2.24, 2.45) is 5.41 Å². The first-order chi connectivity index (χ1) is 11.8. The van der Waals surface area contributed by atoms with Crippen LogP contribution in [-0.4, -0.2) is 18.4 Å². The first-order valence-electron chi connectivity index (χ1n) is 8.21. The Labute approximate surface area is 153 Å². The monoisotopic (exact) mass is 358 g/mol. The highest BCUT2D eigenvalue weighted by Gasteiger charge is 2.36. The van der Waals surface area contributed by atoms with Crippen LogP contribution in [0.15, 0.2) is 48.5 Å². The van der Waals surface area contributed by atoms with Gasteiger partial charge < -0.3 is 10.6 Å². The molecule has 2 N–H and O–H groups in total. The Hall–Kier alpha value is -2.33. The van der Waals surface area contributed by atoms with E-state index in [4.69, 9.17) is 11.6 Å². The van der Waals surface area contributed by atoms with Crippen LogP contribution in [0.5, 0.6) is 0 Å². The summed E-state index contributed by atoms with van der Waals surface area (Å²) in [4.78, 5) is 25.0. The van der Waals surface area contributed by atoms with E-state index in [9.17, 15) is 9.59 Å². The maximum Gasteiger partial charge on any atom is 0.239 e. The van der Waals surface area contributed by atoms with Crippen molar-refractivity contribution in [3.63, 3.8) is 0 Å². The summed E-state index contributed by atoms with van der Waals surface area (Å²) >= 11 is 6.07. The number of rotatable bonds is 6. The molecule has 2 aromatic rings. The second kappa shape index (κ2) is 8.17. The van der Waals surface area contributed by atoms with E-state index < -0.39 is 5.41 Å². The van der Waals surface area contributed by atoms with E-state index in [2.05, 4.69) is 10.6 Å². The van der Waals surface area contributed by atoms with Gasteiger partial charge in [-0.1, -0.05) is 48.0 Å². The molecule has 5 heteroatoms. The molecule has 0 unspecified atom stereocenters. The molecular weight excluding hydrogens is 336 g/mol. The fourth-order valence-corrected chi connectivity index (χ4v) is 2.49. The molecule has 25 heavy (non-hydrogen) atoms. The van der Waals surface area contributed by atoms with Gasteiger partial charge in [0.25, 0.3) is 0 Å². The van der Waals surface area contributed by atoms with E-state index in [-0.39, 0.29) is 11.8 Å². The Morgan fingerprint density at radius 2 is 1.68 bits per heavy atom. The molecule has 0 aliphatic carbocycles. The van der Waals surface area contributed by atoms with Gasteiger partial charge in [0.2, 0.25) is 11.8 Å². The van der Waals surface area contributed by atoms with Gasteiger partial charge in [-0.3, -0.25) is 9.59 Å². The molecule has 0 saturated carbocycles. The Morgan fingerprint density at radius 1 is 1.00 bits per heavy atom. The van der Waals surface area contributed by atoms with Crippen LogP contribution in [0.25, 0.3) is 0 Å². The van der Waals surface area contributed by atoms with E-state index in [1.165, 1.54) is 0 Å². The molecule has 2 rings (SSSR count). The molecule has 4 nitrogen and oxygen atoms in total. The molecule has 0 spiro atoms. The van der Waals surface area contributed by atoms with Gasteiger partial charge in [-0.05, 0) is 50.5 Å². The van der Waals surface area contributed by atoms with E-state index in [0.29, 0.717) is 17.3 Å². The summed E-state index contributed by atoms with van der Waals surface area (Å²) in [7, 11) is 0. The highest BCUT2D eigenvalue weighted by molar-refractivity contribution is 6.31. The van der Waals surface area contributed by atoms with Gasteiger partial charge >= 0.3 is 0 Å². The van der Waals surface area contributed by atoms with Gasteiger partial charge in [-0.15, -0.1) is 0 Å². The van der Waals surface area contributed by atoms with Crippen LogP contribution < -0.4 is 10.6 Å². The number of carbonyl (C=O) groups excluding carboxylic acids is 2. The molecule has 0 saturated heterocycles. The maximum atomic E-state index is 12.6. The third-order valence-corrected chi connectivity index (χ3v) is 4.60. The molecule has 132 valence electrons.